The molecule has 0 aliphatic heterocycles. The molecule has 0 fully saturated rings. The monoisotopic (exact) mass is 220 g/mol. The van der Waals surface area contributed by atoms with E-state index in [0.717, 1.165) is 12.0 Å². The van der Waals surface area contributed by atoms with E-state index in [0.29, 0.717) is 12.4 Å². The smallest absolute Gasteiger partial charge is 0.335 e. The van der Waals surface area contributed by atoms with Gasteiger partial charge in [0.1, 0.15) is 12.4 Å². The standard InChI is InChI=1S/C13H16O3/c1-3-5-10(2)9-16-12-7-4-6-11(8-12)13(14)15/h4-8H,3,9H2,1-2H3,(H,14,15)/b10-5+. The maximum atomic E-state index is 10.7. The van der Waals surface area contributed by atoms with E-state index >= 15 is 0 Å². The summed E-state index contributed by atoms with van der Waals surface area (Å²) in [4.78, 5) is 10.7. The minimum Gasteiger partial charge on any atom is -0.489 e. The molecule has 3 nitrogen and oxygen atoms in total. The van der Waals surface area contributed by atoms with Gasteiger partial charge < -0.3 is 9.84 Å². The summed E-state index contributed by atoms with van der Waals surface area (Å²) in [5, 5.41) is 8.80. The molecule has 1 aromatic rings. The van der Waals surface area contributed by atoms with Crippen LogP contribution in [0.4, 0.5) is 0 Å². The van der Waals surface area contributed by atoms with Gasteiger partial charge in [-0.3, -0.25) is 0 Å². The second kappa shape index (κ2) is 5.95. The lowest BCUT2D eigenvalue weighted by Crippen LogP contribution is -2.01. The van der Waals surface area contributed by atoms with Gasteiger partial charge in [0.25, 0.3) is 0 Å². The van der Waals surface area contributed by atoms with Crippen molar-refractivity contribution in [2.24, 2.45) is 0 Å². The molecule has 0 atom stereocenters. The molecule has 0 radical (unpaired) electrons. The number of hydrogen-bond acceptors (Lipinski definition) is 2. The molecule has 16 heavy (non-hydrogen) atoms. The van der Waals surface area contributed by atoms with Gasteiger partial charge in [-0.05, 0) is 37.1 Å². The van der Waals surface area contributed by atoms with Crippen molar-refractivity contribution in [3.05, 3.63) is 41.5 Å². The average Bonchev–Trinajstić information content (AvgIpc) is 2.27. The zero-order valence-electron chi connectivity index (χ0n) is 9.56. The van der Waals surface area contributed by atoms with Crippen LogP contribution in [-0.2, 0) is 0 Å². The van der Waals surface area contributed by atoms with Crippen LogP contribution in [-0.4, -0.2) is 17.7 Å². The Balaban J connectivity index is 2.64. The largest absolute Gasteiger partial charge is 0.489 e. The molecule has 1 N–H and O–H groups in total. The Bertz CT molecular complexity index is 394. The summed E-state index contributed by atoms with van der Waals surface area (Å²) in [7, 11) is 0. The highest BCUT2D eigenvalue weighted by atomic mass is 16.5. The lowest BCUT2D eigenvalue weighted by atomic mass is 10.2. The highest BCUT2D eigenvalue weighted by Crippen LogP contribution is 2.14. The Morgan fingerprint density at radius 2 is 2.25 bits per heavy atom. The molecule has 86 valence electrons. The molecule has 0 bridgehead atoms. The molecule has 0 aliphatic carbocycles. The van der Waals surface area contributed by atoms with Crippen molar-refractivity contribution >= 4 is 5.97 Å². The second-order valence-electron chi connectivity index (χ2n) is 3.58. The first-order chi connectivity index (χ1) is 7.63. The van der Waals surface area contributed by atoms with Crippen molar-refractivity contribution in [2.45, 2.75) is 20.3 Å². The number of rotatable bonds is 5. The Labute approximate surface area is 95.4 Å². The molecule has 0 saturated carbocycles. The van der Waals surface area contributed by atoms with E-state index in [1.54, 1.807) is 18.2 Å². The third-order valence-electron chi connectivity index (χ3n) is 2.10. The van der Waals surface area contributed by atoms with Crippen molar-refractivity contribution in [2.75, 3.05) is 6.61 Å². The first-order valence-electron chi connectivity index (χ1n) is 5.25. The number of carbonyl (C=O) groups is 1. The topological polar surface area (TPSA) is 46.5 Å². The molecule has 1 rings (SSSR count). The van der Waals surface area contributed by atoms with Crippen molar-refractivity contribution in [1.29, 1.82) is 0 Å². The van der Waals surface area contributed by atoms with Crippen LogP contribution in [0.15, 0.2) is 35.9 Å². The predicted octanol–water partition coefficient (Wildman–Crippen LogP) is 3.12. The zero-order valence-corrected chi connectivity index (χ0v) is 9.56. The van der Waals surface area contributed by atoms with Crippen LogP contribution in [0.2, 0.25) is 0 Å². The van der Waals surface area contributed by atoms with Crippen LogP contribution in [0.3, 0.4) is 0 Å². The maximum Gasteiger partial charge on any atom is 0.335 e. The fourth-order valence-electron chi connectivity index (χ4n) is 1.32. The van der Waals surface area contributed by atoms with Crippen LogP contribution in [0.1, 0.15) is 30.6 Å². The molecule has 1 aromatic carbocycles. The second-order valence-corrected chi connectivity index (χ2v) is 3.58. The van der Waals surface area contributed by atoms with Crippen LogP contribution < -0.4 is 4.74 Å². The summed E-state index contributed by atoms with van der Waals surface area (Å²) in [6, 6.07) is 6.51. The van der Waals surface area contributed by atoms with E-state index in [2.05, 4.69) is 13.0 Å². The van der Waals surface area contributed by atoms with Gasteiger partial charge in [0.2, 0.25) is 0 Å². The Kier molecular flexibility index (Phi) is 4.58. The molecular formula is C13H16O3. The minimum atomic E-state index is -0.939. The first-order valence-corrected chi connectivity index (χ1v) is 5.25. The average molecular weight is 220 g/mol. The van der Waals surface area contributed by atoms with Crippen molar-refractivity contribution in [1.82, 2.24) is 0 Å². The van der Waals surface area contributed by atoms with Gasteiger partial charge in [0.15, 0.2) is 0 Å². The summed E-state index contributed by atoms with van der Waals surface area (Å²) in [6.45, 7) is 4.55. The Morgan fingerprint density at radius 3 is 2.88 bits per heavy atom. The maximum absolute atomic E-state index is 10.7. The number of ether oxygens (including phenoxy) is 1. The van der Waals surface area contributed by atoms with Crippen molar-refractivity contribution in [3.8, 4) is 5.75 Å². The highest BCUT2D eigenvalue weighted by molar-refractivity contribution is 5.87. The molecule has 0 spiro atoms. The molecule has 0 heterocycles. The molecular weight excluding hydrogens is 204 g/mol. The Morgan fingerprint density at radius 1 is 1.50 bits per heavy atom. The fourth-order valence-corrected chi connectivity index (χ4v) is 1.32. The lowest BCUT2D eigenvalue weighted by Gasteiger charge is -2.06. The van der Waals surface area contributed by atoms with E-state index in [1.807, 2.05) is 6.92 Å². The molecule has 0 aromatic heterocycles. The third kappa shape index (κ3) is 3.77. The van der Waals surface area contributed by atoms with Crippen LogP contribution in [0, 0.1) is 0 Å². The normalized spacial score (nSPS) is 11.2. The lowest BCUT2D eigenvalue weighted by molar-refractivity contribution is 0.0696. The van der Waals surface area contributed by atoms with E-state index in [1.165, 1.54) is 6.07 Å². The van der Waals surface area contributed by atoms with Gasteiger partial charge >= 0.3 is 5.97 Å². The minimum absolute atomic E-state index is 0.245. The first kappa shape index (κ1) is 12.3. The van der Waals surface area contributed by atoms with Gasteiger partial charge in [-0.2, -0.15) is 0 Å². The van der Waals surface area contributed by atoms with Gasteiger partial charge in [-0.1, -0.05) is 19.1 Å². The number of carboxylic acid groups (broad SMARTS) is 1. The van der Waals surface area contributed by atoms with Crippen LogP contribution in [0.25, 0.3) is 0 Å². The zero-order chi connectivity index (χ0) is 12.0. The van der Waals surface area contributed by atoms with Crippen molar-refractivity contribution < 1.29 is 14.6 Å². The third-order valence-corrected chi connectivity index (χ3v) is 2.10. The summed E-state index contributed by atoms with van der Waals surface area (Å²) < 4.78 is 5.48. The molecule has 0 saturated heterocycles. The van der Waals surface area contributed by atoms with Crippen LogP contribution >= 0.6 is 0 Å². The summed E-state index contributed by atoms with van der Waals surface area (Å²) in [5.74, 6) is -0.352. The SMILES string of the molecule is CC/C=C(\C)COc1cccc(C(=O)O)c1. The fraction of sp³-hybridized carbons (Fsp3) is 0.308. The van der Waals surface area contributed by atoms with Crippen LogP contribution in [0.5, 0.6) is 5.75 Å². The number of allylic oxidation sites excluding steroid dienone is 1. The van der Waals surface area contributed by atoms with E-state index in [-0.39, 0.29) is 5.56 Å². The summed E-state index contributed by atoms with van der Waals surface area (Å²) in [5.41, 5.74) is 1.39. The number of aromatic carboxylic acids is 1. The quantitative estimate of drug-likeness (QED) is 0.775. The summed E-state index contributed by atoms with van der Waals surface area (Å²) >= 11 is 0. The number of hydrogen-bond donors (Lipinski definition) is 1. The van der Waals surface area contributed by atoms with Gasteiger partial charge in [0, 0.05) is 0 Å². The van der Waals surface area contributed by atoms with E-state index in [9.17, 15) is 4.79 Å². The number of carboxylic acids is 1. The number of benzene rings is 1. The van der Waals surface area contributed by atoms with Crippen molar-refractivity contribution in [3.63, 3.8) is 0 Å². The highest BCUT2D eigenvalue weighted by Gasteiger charge is 2.03. The molecule has 0 unspecified atom stereocenters. The van der Waals surface area contributed by atoms with Gasteiger partial charge in [-0.25, -0.2) is 4.79 Å². The van der Waals surface area contributed by atoms with E-state index in [4.69, 9.17) is 9.84 Å². The molecule has 3 heteroatoms. The summed E-state index contributed by atoms with van der Waals surface area (Å²) in [6.07, 6.45) is 3.06. The van der Waals surface area contributed by atoms with Gasteiger partial charge in [-0.15, -0.1) is 0 Å². The molecule has 0 amide bonds. The molecule has 0 aliphatic rings. The van der Waals surface area contributed by atoms with Gasteiger partial charge in [0.05, 0.1) is 5.56 Å². The Hall–Kier alpha value is -1.77. The van der Waals surface area contributed by atoms with E-state index < -0.39 is 5.97 Å². The predicted molar refractivity (Wildman–Crippen MR) is 62.9 cm³/mol.